The monoisotopic (exact) mass is 329 g/mol. The van der Waals surface area contributed by atoms with E-state index in [1.165, 1.54) is 6.20 Å². The summed E-state index contributed by atoms with van der Waals surface area (Å²) in [6, 6.07) is 20.1. The minimum Gasteiger partial charge on any atom is -0.488 e. The van der Waals surface area contributed by atoms with Crippen molar-refractivity contribution in [3.8, 4) is 11.8 Å². The predicted molar refractivity (Wildman–Crippen MR) is 94.1 cm³/mol. The molecule has 0 unspecified atom stereocenters. The minimum atomic E-state index is -0.282. The lowest BCUT2D eigenvalue weighted by Crippen LogP contribution is -2.12. The molecule has 0 atom stereocenters. The van der Waals surface area contributed by atoms with E-state index in [-0.39, 0.29) is 5.91 Å². The Morgan fingerprint density at radius 2 is 1.96 bits per heavy atom. The third-order valence-electron chi connectivity index (χ3n) is 3.52. The first-order valence-electron chi connectivity index (χ1n) is 7.68. The van der Waals surface area contributed by atoms with Gasteiger partial charge in [0.1, 0.15) is 18.4 Å². The number of nitrogens with zero attached hydrogens (tertiary/aromatic N) is 2. The number of carbonyl (C=O) groups is 1. The molecule has 0 fully saturated rings. The highest BCUT2D eigenvalue weighted by atomic mass is 16.5. The van der Waals surface area contributed by atoms with Gasteiger partial charge in [0, 0.05) is 18.1 Å². The molecule has 0 saturated carbocycles. The van der Waals surface area contributed by atoms with E-state index in [4.69, 9.17) is 4.74 Å². The van der Waals surface area contributed by atoms with Crippen LogP contribution in [0.1, 0.15) is 21.5 Å². The Kier molecular flexibility index (Phi) is 5.03. The molecule has 25 heavy (non-hydrogen) atoms. The maximum atomic E-state index is 12.1. The molecule has 0 saturated heterocycles. The first-order valence-corrected chi connectivity index (χ1v) is 7.68. The zero-order valence-electron chi connectivity index (χ0n) is 13.3. The number of carbonyl (C=O) groups excluding carboxylic acids is 1. The van der Waals surface area contributed by atoms with Crippen molar-refractivity contribution >= 4 is 11.6 Å². The van der Waals surface area contributed by atoms with Crippen molar-refractivity contribution in [3.63, 3.8) is 0 Å². The summed E-state index contributed by atoms with van der Waals surface area (Å²) in [5.74, 6) is 0.195. The molecule has 5 heteroatoms. The number of rotatable bonds is 5. The Hall–Kier alpha value is -3.65. The smallest absolute Gasteiger partial charge is 0.257 e. The van der Waals surface area contributed by atoms with Gasteiger partial charge in [-0.25, -0.2) is 0 Å². The molecule has 2 aromatic carbocycles. The van der Waals surface area contributed by atoms with E-state index in [9.17, 15) is 10.1 Å². The number of hydrogen-bond acceptors (Lipinski definition) is 4. The van der Waals surface area contributed by atoms with Crippen molar-refractivity contribution in [2.75, 3.05) is 5.32 Å². The molecule has 5 nitrogen and oxygen atoms in total. The molecule has 0 aliphatic rings. The SMILES string of the molecule is N#Cc1cc(NC(=O)c2cccnc2)ccc1OCc1ccccc1. The normalized spacial score (nSPS) is 9.88. The Labute approximate surface area is 145 Å². The van der Waals surface area contributed by atoms with Gasteiger partial charge in [-0.3, -0.25) is 9.78 Å². The van der Waals surface area contributed by atoms with Crippen LogP contribution in [0.3, 0.4) is 0 Å². The van der Waals surface area contributed by atoms with E-state index in [1.807, 2.05) is 30.3 Å². The molecular formula is C20H15N3O2. The molecule has 122 valence electrons. The highest BCUT2D eigenvalue weighted by Gasteiger charge is 2.09. The first-order chi connectivity index (χ1) is 12.3. The van der Waals surface area contributed by atoms with Crippen LogP contribution in [0.2, 0.25) is 0 Å². The number of amides is 1. The Morgan fingerprint density at radius 3 is 2.68 bits per heavy atom. The standard InChI is InChI=1S/C20H15N3O2/c21-12-17-11-18(23-20(24)16-7-4-10-22-13-16)8-9-19(17)25-14-15-5-2-1-3-6-15/h1-11,13H,14H2,(H,23,24). The third-order valence-corrected chi connectivity index (χ3v) is 3.52. The van der Waals surface area contributed by atoms with Gasteiger partial charge in [-0.15, -0.1) is 0 Å². The fourth-order valence-electron chi connectivity index (χ4n) is 2.26. The summed E-state index contributed by atoms with van der Waals surface area (Å²) in [5.41, 5.74) is 2.35. The highest BCUT2D eigenvalue weighted by molar-refractivity contribution is 6.04. The summed E-state index contributed by atoms with van der Waals surface area (Å²) >= 11 is 0. The van der Waals surface area contributed by atoms with Crippen LogP contribution in [0, 0.1) is 11.3 Å². The molecule has 1 aromatic heterocycles. The zero-order chi connectivity index (χ0) is 17.5. The van der Waals surface area contributed by atoms with Crippen molar-refractivity contribution in [1.29, 1.82) is 5.26 Å². The summed E-state index contributed by atoms with van der Waals surface area (Å²) < 4.78 is 5.71. The molecule has 0 bridgehead atoms. The molecule has 0 aliphatic carbocycles. The van der Waals surface area contributed by atoms with Crippen molar-refractivity contribution in [2.24, 2.45) is 0 Å². The van der Waals surface area contributed by atoms with Gasteiger partial charge in [-0.1, -0.05) is 30.3 Å². The summed E-state index contributed by atoms with van der Waals surface area (Å²) in [7, 11) is 0. The van der Waals surface area contributed by atoms with Crippen LogP contribution in [-0.2, 0) is 6.61 Å². The van der Waals surface area contributed by atoms with Crippen LogP contribution >= 0.6 is 0 Å². The van der Waals surface area contributed by atoms with E-state index in [0.717, 1.165) is 5.56 Å². The molecule has 1 amide bonds. The van der Waals surface area contributed by atoms with Crippen molar-refractivity contribution in [3.05, 3.63) is 89.7 Å². The summed E-state index contributed by atoms with van der Waals surface area (Å²) in [6.07, 6.45) is 3.08. The topological polar surface area (TPSA) is 75.0 Å². The lowest BCUT2D eigenvalue weighted by molar-refractivity contribution is 0.102. The fourth-order valence-corrected chi connectivity index (χ4v) is 2.26. The van der Waals surface area contributed by atoms with Gasteiger partial charge >= 0.3 is 0 Å². The van der Waals surface area contributed by atoms with E-state index in [2.05, 4.69) is 16.4 Å². The molecule has 0 aliphatic heterocycles. The van der Waals surface area contributed by atoms with Crippen LogP contribution in [0.4, 0.5) is 5.69 Å². The average Bonchev–Trinajstić information content (AvgIpc) is 2.68. The number of pyridine rings is 1. The second-order valence-electron chi connectivity index (χ2n) is 5.29. The van der Waals surface area contributed by atoms with Crippen LogP contribution < -0.4 is 10.1 Å². The maximum absolute atomic E-state index is 12.1. The zero-order valence-corrected chi connectivity index (χ0v) is 13.3. The lowest BCUT2D eigenvalue weighted by atomic mass is 10.1. The van der Waals surface area contributed by atoms with Gasteiger partial charge in [0.05, 0.1) is 11.1 Å². The van der Waals surface area contributed by atoms with E-state index in [1.54, 1.807) is 36.5 Å². The van der Waals surface area contributed by atoms with Crippen molar-refractivity contribution in [1.82, 2.24) is 4.98 Å². The molecular weight excluding hydrogens is 314 g/mol. The van der Waals surface area contributed by atoms with E-state index < -0.39 is 0 Å². The number of ether oxygens (including phenoxy) is 1. The van der Waals surface area contributed by atoms with Crippen LogP contribution in [0.15, 0.2) is 73.1 Å². The Balaban J connectivity index is 1.71. The van der Waals surface area contributed by atoms with E-state index in [0.29, 0.717) is 29.2 Å². The van der Waals surface area contributed by atoms with Crippen LogP contribution in [-0.4, -0.2) is 10.9 Å². The van der Waals surface area contributed by atoms with Gasteiger partial charge in [-0.05, 0) is 35.9 Å². The van der Waals surface area contributed by atoms with Crippen LogP contribution in [0.25, 0.3) is 0 Å². The van der Waals surface area contributed by atoms with Crippen molar-refractivity contribution in [2.45, 2.75) is 6.61 Å². The molecule has 0 spiro atoms. The number of nitriles is 1. The minimum absolute atomic E-state index is 0.282. The van der Waals surface area contributed by atoms with Gasteiger partial charge in [0.25, 0.3) is 5.91 Å². The van der Waals surface area contributed by atoms with Crippen molar-refractivity contribution < 1.29 is 9.53 Å². The van der Waals surface area contributed by atoms with Gasteiger partial charge in [-0.2, -0.15) is 5.26 Å². The first kappa shape index (κ1) is 16.2. The van der Waals surface area contributed by atoms with Gasteiger partial charge in [0.2, 0.25) is 0 Å². The predicted octanol–water partition coefficient (Wildman–Crippen LogP) is 3.78. The lowest BCUT2D eigenvalue weighted by Gasteiger charge is -2.10. The fraction of sp³-hybridized carbons (Fsp3) is 0.0500. The number of hydrogen-bond donors (Lipinski definition) is 1. The summed E-state index contributed by atoms with van der Waals surface area (Å²) in [6.45, 7) is 0.372. The number of anilines is 1. The third kappa shape index (κ3) is 4.21. The molecule has 1 N–H and O–H groups in total. The maximum Gasteiger partial charge on any atom is 0.257 e. The molecule has 0 radical (unpaired) electrons. The second-order valence-corrected chi connectivity index (χ2v) is 5.29. The van der Waals surface area contributed by atoms with E-state index >= 15 is 0 Å². The van der Waals surface area contributed by atoms with Gasteiger partial charge in [0.15, 0.2) is 0 Å². The van der Waals surface area contributed by atoms with Crippen LogP contribution in [0.5, 0.6) is 5.75 Å². The molecule has 1 heterocycles. The largest absolute Gasteiger partial charge is 0.488 e. The number of benzene rings is 2. The Bertz CT molecular complexity index is 903. The summed E-state index contributed by atoms with van der Waals surface area (Å²) in [4.78, 5) is 16.1. The molecule has 3 rings (SSSR count). The number of nitrogens with one attached hydrogen (secondary N) is 1. The molecule has 3 aromatic rings. The quantitative estimate of drug-likeness (QED) is 0.773. The summed E-state index contributed by atoms with van der Waals surface area (Å²) in [5, 5.41) is 12.1. The number of aromatic nitrogens is 1. The highest BCUT2D eigenvalue weighted by Crippen LogP contribution is 2.23. The van der Waals surface area contributed by atoms with Gasteiger partial charge < -0.3 is 10.1 Å². The average molecular weight is 329 g/mol. The second kappa shape index (κ2) is 7.75. The Morgan fingerprint density at radius 1 is 1.12 bits per heavy atom.